The van der Waals surface area contributed by atoms with Gasteiger partial charge in [-0.2, -0.15) is 13.5 Å². The summed E-state index contributed by atoms with van der Waals surface area (Å²) in [7, 11) is -4.36. The van der Waals surface area contributed by atoms with Crippen molar-refractivity contribution in [1.29, 1.82) is 0 Å². The van der Waals surface area contributed by atoms with Gasteiger partial charge in [0.05, 0.1) is 10.6 Å². The second-order valence-corrected chi connectivity index (χ2v) is 6.12. The van der Waals surface area contributed by atoms with E-state index in [0.29, 0.717) is 0 Å². The zero-order valence-electron chi connectivity index (χ0n) is 12.3. The molecule has 0 unspecified atom stereocenters. The minimum atomic E-state index is -4.36. The molecule has 0 saturated heterocycles. The number of anilines is 1. The van der Waals surface area contributed by atoms with Crippen LogP contribution in [-0.4, -0.2) is 23.8 Å². The first-order valence-electron chi connectivity index (χ1n) is 6.50. The van der Waals surface area contributed by atoms with Crippen molar-refractivity contribution in [3.05, 3.63) is 58.1 Å². The van der Waals surface area contributed by atoms with Gasteiger partial charge in [-0.3, -0.25) is 14.7 Å². The van der Waals surface area contributed by atoms with E-state index >= 15 is 0 Å². The SMILES string of the molecule is O=[N+]([O-])c1ccc(N=Nc2c(F)cc(NCS(=O)(=O)O)cc2F)cc1. The third kappa shape index (κ3) is 5.26. The predicted octanol–water partition coefficient (Wildman–Crippen LogP) is 3.55. The third-order valence-corrected chi connectivity index (χ3v) is 3.31. The molecule has 0 spiro atoms. The van der Waals surface area contributed by atoms with Crippen LogP contribution in [0.2, 0.25) is 0 Å². The first kappa shape index (κ1) is 18.4. The van der Waals surface area contributed by atoms with Gasteiger partial charge in [-0.1, -0.05) is 0 Å². The number of benzene rings is 2. The van der Waals surface area contributed by atoms with Crippen molar-refractivity contribution < 1.29 is 26.7 Å². The Labute approximate surface area is 139 Å². The molecular formula is C13H10F2N4O5S. The number of nitrogens with one attached hydrogen (secondary N) is 1. The number of hydrogen-bond donors (Lipinski definition) is 2. The predicted molar refractivity (Wildman–Crippen MR) is 83.7 cm³/mol. The fraction of sp³-hybridized carbons (Fsp3) is 0.0769. The van der Waals surface area contributed by atoms with Gasteiger partial charge < -0.3 is 5.32 Å². The Hall–Kier alpha value is -2.99. The number of non-ortho nitro benzene ring substituents is 1. The van der Waals surface area contributed by atoms with E-state index in [9.17, 15) is 27.3 Å². The molecule has 12 heteroatoms. The van der Waals surface area contributed by atoms with Gasteiger partial charge in [0.15, 0.2) is 17.3 Å². The molecule has 0 saturated carbocycles. The Morgan fingerprint density at radius 1 is 1.12 bits per heavy atom. The van der Waals surface area contributed by atoms with E-state index in [1.165, 1.54) is 12.1 Å². The van der Waals surface area contributed by atoms with E-state index in [0.717, 1.165) is 24.3 Å². The maximum atomic E-state index is 13.9. The summed E-state index contributed by atoms with van der Waals surface area (Å²) in [5, 5.41) is 19.6. The van der Waals surface area contributed by atoms with Crippen molar-refractivity contribution >= 4 is 32.9 Å². The fourth-order valence-electron chi connectivity index (χ4n) is 1.69. The summed E-state index contributed by atoms with van der Waals surface area (Å²) in [5.41, 5.74) is -0.985. The molecule has 0 bridgehead atoms. The lowest BCUT2D eigenvalue weighted by Crippen LogP contribution is -2.13. The van der Waals surface area contributed by atoms with Crippen LogP contribution < -0.4 is 5.32 Å². The zero-order chi connectivity index (χ0) is 18.6. The van der Waals surface area contributed by atoms with E-state index in [1.54, 1.807) is 0 Å². The second-order valence-electron chi connectivity index (χ2n) is 4.67. The number of nitro groups is 1. The van der Waals surface area contributed by atoms with Crippen molar-refractivity contribution in [3.63, 3.8) is 0 Å². The van der Waals surface area contributed by atoms with Crippen LogP contribution in [0.4, 0.5) is 31.5 Å². The largest absolute Gasteiger partial charge is 0.369 e. The molecule has 0 aliphatic rings. The minimum absolute atomic E-state index is 0.137. The van der Waals surface area contributed by atoms with Gasteiger partial charge in [0.2, 0.25) is 0 Å². The molecule has 0 radical (unpaired) electrons. The van der Waals surface area contributed by atoms with Crippen molar-refractivity contribution in [3.8, 4) is 0 Å². The molecule has 0 atom stereocenters. The van der Waals surface area contributed by atoms with Crippen molar-refractivity contribution in [2.75, 3.05) is 11.2 Å². The minimum Gasteiger partial charge on any atom is -0.369 e. The summed E-state index contributed by atoms with van der Waals surface area (Å²) in [6.45, 7) is 0. The number of azo groups is 1. The lowest BCUT2D eigenvalue weighted by atomic mass is 10.2. The molecule has 2 N–H and O–H groups in total. The van der Waals surface area contributed by atoms with Crippen LogP contribution in [0.3, 0.4) is 0 Å². The molecule has 9 nitrogen and oxygen atoms in total. The summed E-state index contributed by atoms with van der Waals surface area (Å²) in [5.74, 6) is -3.16. The van der Waals surface area contributed by atoms with Crippen molar-refractivity contribution in [2.45, 2.75) is 0 Å². The molecule has 0 amide bonds. The lowest BCUT2D eigenvalue weighted by molar-refractivity contribution is -0.384. The smallest absolute Gasteiger partial charge is 0.283 e. The lowest BCUT2D eigenvalue weighted by Gasteiger charge is -2.06. The highest BCUT2D eigenvalue weighted by Gasteiger charge is 2.13. The Balaban J connectivity index is 2.20. The van der Waals surface area contributed by atoms with Gasteiger partial charge in [-0.05, 0) is 24.3 Å². The van der Waals surface area contributed by atoms with Crippen molar-refractivity contribution in [1.82, 2.24) is 0 Å². The van der Waals surface area contributed by atoms with Crippen LogP contribution in [0.5, 0.6) is 0 Å². The molecule has 2 aromatic carbocycles. The van der Waals surface area contributed by atoms with Crippen LogP contribution in [0.25, 0.3) is 0 Å². The van der Waals surface area contributed by atoms with E-state index < -0.39 is 38.2 Å². The average Bonchev–Trinajstić information content (AvgIpc) is 2.52. The van der Waals surface area contributed by atoms with Gasteiger partial charge in [0, 0.05) is 17.8 Å². The van der Waals surface area contributed by atoms with Crippen LogP contribution >= 0.6 is 0 Å². The van der Waals surface area contributed by atoms with Gasteiger partial charge in [0.1, 0.15) is 5.88 Å². The summed E-state index contributed by atoms with van der Waals surface area (Å²) >= 11 is 0. The van der Waals surface area contributed by atoms with Gasteiger partial charge in [-0.15, -0.1) is 5.11 Å². The second kappa shape index (κ2) is 7.27. The number of hydrogen-bond acceptors (Lipinski definition) is 7. The van der Waals surface area contributed by atoms with Crippen molar-refractivity contribution in [2.24, 2.45) is 10.2 Å². The highest BCUT2D eigenvalue weighted by Crippen LogP contribution is 2.28. The van der Waals surface area contributed by atoms with E-state index in [4.69, 9.17) is 4.55 Å². The molecular weight excluding hydrogens is 362 g/mol. The normalized spacial score (nSPS) is 11.6. The number of rotatable bonds is 6. The van der Waals surface area contributed by atoms with Crippen LogP contribution in [0.1, 0.15) is 0 Å². The average molecular weight is 372 g/mol. The monoisotopic (exact) mass is 372 g/mol. The van der Waals surface area contributed by atoms with Gasteiger partial charge in [-0.25, -0.2) is 8.78 Å². The Bertz CT molecular complexity index is 909. The molecule has 25 heavy (non-hydrogen) atoms. The molecule has 132 valence electrons. The topological polar surface area (TPSA) is 134 Å². The maximum absolute atomic E-state index is 13.9. The number of nitrogens with zero attached hydrogens (tertiary/aromatic N) is 3. The first-order valence-corrected chi connectivity index (χ1v) is 8.11. The third-order valence-electron chi connectivity index (χ3n) is 2.80. The Kier molecular flexibility index (Phi) is 5.34. The standard InChI is InChI=1S/C13H10F2N4O5S/c14-11-5-9(16-7-25(22,23)24)6-12(15)13(11)18-17-8-1-3-10(4-2-8)19(20)21/h1-6,16H,7H2,(H,22,23,24). The van der Waals surface area contributed by atoms with E-state index in [1.807, 2.05) is 0 Å². The summed E-state index contributed by atoms with van der Waals surface area (Å²) in [6, 6.07) is 6.36. The number of nitro benzene ring substituents is 1. The van der Waals surface area contributed by atoms with E-state index in [2.05, 4.69) is 15.5 Å². The molecule has 2 rings (SSSR count). The highest BCUT2D eigenvalue weighted by atomic mass is 32.2. The highest BCUT2D eigenvalue weighted by molar-refractivity contribution is 7.85. The first-order chi connectivity index (χ1) is 11.7. The molecule has 2 aromatic rings. The Morgan fingerprint density at radius 2 is 1.68 bits per heavy atom. The van der Waals surface area contributed by atoms with E-state index in [-0.39, 0.29) is 17.1 Å². The maximum Gasteiger partial charge on any atom is 0.283 e. The number of halogens is 2. The molecule has 0 aliphatic carbocycles. The van der Waals surface area contributed by atoms with Gasteiger partial charge >= 0.3 is 0 Å². The van der Waals surface area contributed by atoms with Crippen LogP contribution in [-0.2, 0) is 10.1 Å². The molecule has 0 aromatic heterocycles. The molecule has 0 aliphatic heterocycles. The quantitative estimate of drug-likeness (QED) is 0.345. The fourth-order valence-corrected chi connectivity index (χ4v) is 2.04. The van der Waals surface area contributed by atoms with Gasteiger partial charge in [0.25, 0.3) is 15.8 Å². The Morgan fingerprint density at radius 3 is 2.16 bits per heavy atom. The molecule has 0 fully saturated rings. The summed E-state index contributed by atoms with van der Waals surface area (Å²) in [6.07, 6.45) is 0. The summed E-state index contributed by atoms with van der Waals surface area (Å²) < 4.78 is 57.5. The van der Waals surface area contributed by atoms with Crippen LogP contribution in [0.15, 0.2) is 46.6 Å². The van der Waals surface area contributed by atoms with Crippen LogP contribution in [0, 0.1) is 21.7 Å². The molecule has 0 heterocycles. The zero-order valence-corrected chi connectivity index (χ0v) is 13.1. The summed E-state index contributed by atoms with van der Waals surface area (Å²) in [4.78, 5) is 9.91.